The number of carbonyl (C=O) groups is 2. The Morgan fingerprint density at radius 1 is 0.880 bits per heavy atom. The largest absolute Gasteiger partial charge is 0.496 e. The number of benzene rings is 2. The number of methoxy groups -OCH3 is 2. The van der Waals surface area contributed by atoms with Crippen molar-refractivity contribution >= 4 is 23.4 Å². The quantitative estimate of drug-likeness (QED) is 0.742. The van der Waals surface area contributed by atoms with Crippen molar-refractivity contribution in [3.05, 3.63) is 58.6 Å². The molecular weight excluding hydrogens is 344 g/mol. The van der Waals surface area contributed by atoms with Crippen LogP contribution < -0.4 is 20.1 Å². The minimum Gasteiger partial charge on any atom is -0.496 e. The first kappa shape index (κ1) is 18.6. The standard InChI is InChI=1S/C18H19ClN2O4/c1-24-14-8-5-9-15(25-2)16(14)18(23)21-11-10-20-17(22)12-6-3-4-7-13(12)19/h3-9H,10-11H2,1-2H3,(H,20,22)(H,21,23). The number of ether oxygens (including phenoxy) is 2. The van der Waals surface area contributed by atoms with Gasteiger partial charge in [0, 0.05) is 13.1 Å². The van der Waals surface area contributed by atoms with E-state index in [0.29, 0.717) is 27.6 Å². The Bertz CT molecular complexity index is 742. The molecule has 2 amide bonds. The molecule has 0 fully saturated rings. The third-order valence-corrected chi connectivity index (χ3v) is 3.80. The highest BCUT2D eigenvalue weighted by Gasteiger charge is 2.17. The Kier molecular flexibility index (Phi) is 6.65. The number of halogens is 1. The zero-order valence-corrected chi connectivity index (χ0v) is 14.7. The van der Waals surface area contributed by atoms with Crippen LogP contribution in [0.2, 0.25) is 5.02 Å². The summed E-state index contributed by atoms with van der Waals surface area (Å²) in [5.41, 5.74) is 0.701. The molecule has 0 bridgehead atoms. The van der Waals surface area contributed by atoms with E-state index < -0.39 is 0 Å². The zero-order chi connectivity index (χ0) is 18.2. The second-order valence-electron chi connectivity index (χ2n) is 5.03. The van der Waals surface area contributed by atoms with Crippen LogP contribution in [0.15, 0.2) is 42.5 Å². The summed E-state index contributed by atoms with van der Waals surface area (Å²) in [7, 11) is 2.96. The lowest BCUT2D eigenvalue weighted by molar-refractivity contribution is 0.0924. The van der Waals surface area contributed by atoms with Gasteiger partial charge in [0.25, 0.3) is 11.8 Å². The molecule has 0 aliphatic heterocycles. The normalized spacial score (nSPS) is 10.0. The lowest BCUT2D eigenvalue weighted by Gasteiger charge is -2.13. The van der Waals surface area contributed by atoms with Gasteiger partial charge in [-0.15, -0.1) is 0 Å². The molecule has 0 radical (unpaired) electrons. The molecule has 0 unspecified atom stereocenters. The van der Waals surface area contributed by atoms with Gasteiger partial charge in [0.1, 0.15) is 17.1 Å². The second kappa shape index (κ2) is 8.94. The molecular formula is C18H19ClN2O4. The Balaban J connectivity index is 1.91. The van der Waals surface area contributed by atoms with E-state index in [1.54, 1.807) is 42.5 Å². The molecule has 0 saturated carbocycles. The number of carbonyl (C=O) groups excluding carboxylic acids is 2. The van der Waals surface area contributed by atoms with Gasteiger partial charge in [-0.2, -0.15) is 0 Å². The second-order valence-corrected chi connectivity index (χ2v) is 5.44. The minimum absolute atomic E-state index is 0.246. The molecule has 6 nitrogen and oxygen atoms in total. The van der Waals surface area contributed by atoms with Crippen molar-refractivity contribution < 1.29 is 19.1 Å². The van der Waals surface area contributed by atoms with Crippen LogP contribution in [0.25, 0.3) is 0 Å². The highest BCUT2D eigenvalue weighted by Crippen LogP contribution is 2.27. The maximum atomic E-state index is 12.4. The highest BCUT2D eigenvalue weighted by atomic mass is 35.5. The first-order valence-corrected chi connectivity index (χ1v) is 7.98. The van der Waals surface area contributed by atoms with E-state index in [9.17, 15) is 9.59 Å². The van der Waals surface area contributed by atoms with Crippen LogP contribution in [0.4, 0.5) is 0 Å². The lowest BCUT2D eigenvalue weighted by atomic mass is 10.1. The van der Waals surface area contributed by atoms with Crippen molar-refractivity contribution in [1.82, 2.24) is 10.6 Å². The summed E-state index contributed by atoms with van der Waals surface area (Å²) in [4.78, 5) is 24.4. The van der Waals surface area contributed by atoms with Crippen LogP contribution in [0, 0.1) is 0 Å². The van der Waals surface area contributed by atoms with Crippen LogP contribution in [-0.4, -0.2) is 39.1 Å². The number of rotatable bonds is 7. The van der Waals surface area contributed by atoms with Gasteiger partial charge in [-0.3, -0.25) is 9.59 Å². The van der Waals surface area contributed by atoms with Gasteiger partial charge >= 0.3 is 0 Å². The van der Waals surface area contributed by atoms with E-state index in [1.165, 1.54) is 14.2 Å². The van der Waals surface area contributed by atoms with Gasteiger partial charge in [0.05, 0.1) is 24.8 Å². The summed E-state index contributed by atoms with van der Waals surface area (Å²) >= 11 is 5.97. The van der Waals surface area contributed by atoms with Crippen molar-refractivity contribution in [1.29, 1.82) is 0 Å². The molecule has 0 aromatic heterocycles. The van der Waals surface area contributed by atoms with Crippen molar-refractivity contribution in [3.63, 3.8) is 0 Å². The fourth-order valence-electron chi connectivity index (χ4n) is 2.26. The van der Waals surface area contributed by atoms with E-state index in [2.05, 4.69) is 10.6 Å². The zero-order valence-electron chi connectivity index (χ0n) is 14.0. The van der Waals surface area contributed by atoms with Crippen LogP contribution in [0.3, 0.4) is 0 Å². The smallest absolute Gasteiger partial charge is 0.258 e. The van der Waals surface area contributed by atoms with E-state index in [-0.39, 0.29) is 24.9 Å². The number of hydrogen-bond donors (Lipinski definition) is 2. The van der Waals surface area contributed by atoms with E-state index in [4.69, 9.17) is 21.1 Å². The van der Waals surface area contributed by atoms with Crippen LogP contribution in [0.5, 0.6) is 11.5 Å². The molecule has 132 valence electrons. The molecule has 0 spiro atoms. The van der Waals surface area contributed by atoms with Gasteiger partial charge in [-0.05, 0) is 24.3 Å². The average Bonchev–Trinajstić information content (AvgIpc) is 2.64. The predicted molar refractivity (Wildman–Crippen MR) is 95.7 cm³/mol. The Morgan fingerprint density at radius 3 is 2.00 bits per heavy atom. The van der Waals surface area contributed by atoms with Gasteiger partial charge < -0.3 is 20.1 Å². The van der Waals surface area contributed by atoms with Crippen LogP contribution in [0.1, 0.15) is 20.7 Å². The summed E-state index contributed by atoms with van der Waals surface area (Å²) in [5, 5.41) is 5.80. The number of amides is 2. The molecule has 2 N–H and O–H groups in total. The maximum Gasteiger partial charge on any atom is 0.258 e. The summed E-state index contributed by atoms with van der Waals surface area (Å²) in [6.07, 6.45) is 0. The Labute approximate surface area is 151 Å². The topological polar surface area (TPSA) is 76.7 Å². The van der Waals surface area contributed by atoms with Crippen molar-refractivity contribution in [2.24, 2.45) is 0 Å². The van der Waals surface area contributed by atoms with Crippen molar-refractivity contribution in [2.75, 3.05) is 27.3 Å². The molecule has 2 aromatic carbocycles. The maximum absolute atomic E-state index is 12.4. The lowest BCUT2D eigenvalue weighted by Crippen LogP contribution is -2.35. The summed E-state index contributed by atoms with van der Waals surface area (Å²) < 4.78 is 10.4. The van der Waals surface area contributed by atoms with Gasteiger partial charge in [-0.25, -0.2) is 0 Å². The molecule has 2 aromatic rings. The summed E-state index contributed by atoms with van der Waals surface area (Å²) in [6.45, 7) is 0.503. The van der Waals surface area contributed by atoms with E-state index >= 15 is 0 Å². The first-order valence-electron chi connectivity index (χ1n) is 7.60. The average molecular weight is 363 g/mol. The van der Waals surface area contributed by atoms with Gasteiger partial charge in [0.2, 0.25) is 0 Å². The molecule has 2 rings (SSSR count). The van der Waals surface area contributed by atoms with Gasteiger partial charge in [0.15, 0.2) is 0 Å². The Morgan fingerprint density at radius 2 is 1.44 bits per heavy atom. The molecule has 0 atom stereocenters. The van der Waals surface area contributed by atoms with E-state index in [0.717, 1.165) is 0 Å². The van der Waals surface area contributed by atoms with Gasteiger partial charge in [-0.1, -0.05) is 29.8 Å². The van der Waals surface area contributed by atoms with Crippen molar-refractivity contribution in [3.8, 4) is 11.5 Å². The molecule has 0 saturated heterocycles. The minimum atomic E-state index is -0.346. The molecule has 0 aliphatic carbocycles. The Hall–Kier alpha value is -2.73. The first-order chi connectivity index (χ1) is 12.1. The summed E-state index contributed by atoms with van der Waals surface area (Å²) in [6, 6.07) is 11.9. The fourth-order valence-corrected chi connectivity index (χ4v) is 2.48. The third kappa shape index (κ3) is 4.64. The SMILES string of the molecule is COc1cccc(OC)c1C(=O)NCCNC(=O)c1ccccc1Cl. The van der Waals surface area contributed by atoms with Crippen LogP contribution >= 0.6 is 11.6 Å². The number of hydrogen-bond acceptors (Lipinski definition) is 4. The summed E-state index contributed by atoms with van der Waals surface area (Å²) in [5.74, 6) is 0.185. The van der Waals surface area contributed by atoms with Crippen LogP contribution in [-0.2, 0) is 0 Å². The monoisotopic (exact) mass is 362 g/mol. The van der Waals surface area contributed by atoms with E-state index in [1.807, 2.05) is 0 Å². The molecule has 0 aliphatic rings. The fraction of sp³-hybridized carbons (Fsp3) is 0.222. The molecule has 25 heavy (non-hydrogen) atoms. The molecule has 0 heterocycles. The third-order valence-electron chi connectivity index (χ3n) is 3.47. The molecule has 7 heteroatoms. The number of nitrogens with one attached hydrogen (secondary N) is 2. The highest BCUT2D eigenvalue weighted by molar-refractivity contribution is 6.33. The predicted octanol–water partition coefficient (Wildman–Crippen LogP) is 2.52. The van der Waals surface area contributed by atoms with Crippen molar-refractivity contribution in [2.45, 2.75) is 0 Å².